The molecule has 1 heterocycles. The molecule has 2 aromatic carbocycles. The summed E-state index contributed by atoms with van der Waals surface area (Å²) in [6, 6.07) is 13.0. The molecule has 0 saturated carbocycles. The minimum Gasteiger partial charge on any atom is -0.495 e. The molecule has 7 heteroatoms. The number of hydrogen-bond acceptors (Lipinski definition) is 5. The van der Waals surface area contributed by atoms with Crippen molar-refractivity contribution in [2.45, 2.75) is 0 Å². The lowest BCUT2D eigenvalue weighted by atomic mass is 10.1. The van der Waals surface area contributed by atoms with Crippen molar-refractivity contribution in [2.75, 3.05) is 19.5 Å². The van der Waals surface area contributed by atoms with Crippen LogP contribution in [0.15, 0.2) is 57.7 Å². The summed E-state index contributed by atoms with van der Waals surface area (Å²) in [6.07, 6.45) is 0. The third kappa shape index (κ3) is 3.27. The highest BCUT2D eigenvalue weighted by Crippen LogP contribution is 2.26. The first-order valence-electron chi connectivity index (χ1n) is 7.78. The average molecular weight is 352 g/mol. The van der Waals surface area contributed by atoms with Gasteiger partial charge in [0.1, 0.15) is 16.9 Å². The third-order valence-corrected chi connectivity index (χ3v) is 3.83. The van der Waals surface area contributed by atoms with Crippen LogP contribution in [0.4, 0.5) is 5.69 Å². The van der Waals surface area contributed by atoms with Crippen LogP contribution in [0.25, 0.3) is 11.0 Å². The van der Waals surface area contributed by atoms with Gasteiger partial charge in [-0.15, -0.1) is 0 Å². The number of para-hydroxylation sites is 1. The molecule has 132 valence electrons. The molecule has 0 bridgehead atoms. The van der Waals surface area contributed by atoms with Crippen molar-refractivity contribution in [3.63, 3.8) is 0 Å². The number of nitrogens with one attached hydrogen (secondary N) is 2. The number of amides is 2. The van der Waals surface area contributed by atoms with E-state index in [2.05, 4.69) is 10.6 Å². The molecule has 0 atom stereocenters. The second-order valence-corrected chi connectivity index (χ2v) is 5.43. The van der Waals surface area contributed by atoms with E-state index in [0.29, 0.717) is 28.0 Å². The SMILES string of the molecule is CNC(=O)c1ccc(NC(=O)c2cc3ccccc3oc2=O)c(OC)c1. The molecule has 0 radical (unpaired) electrons. The van der Waals surface area contributed by atoms with E-state index in [0.717, 1.165) is 0 Å². The van der Waals surface area contributed by atoms with Crippen LogP contribution in [-0.4, -0.2) is 26.0 Å². The summed E-state index contributed by atoms with van der Waals surface area (Å²) < 4.78 is 10.4. The number of carbonyl (C=O) groups excluding carboxylic acids is 2. The minimum absolute atomic E-state index is 0.124. The zero-order chi connectivity index (χ0) is 18.7. The highest BCUT2D eigenvalue weighted by atomic mass is 16.5. The van der Waals surface area contributed by atoms with Crippen LogP contribution in [0.3, 0.4) is 0 Å². The number of ether oxygens (including phenoxy) is 1. The summed E-state index contributed by atoms with van der Waals surface area (Å²) in [5, 5.41) is 5.76. The summed E-state index contributed by atoms with van der Waals surface area (Å²) >= 11 is 0. The van der Waals surface area contributed by atoms with Gasteiger partial charge in [0.2, 0.25) is 0 Å². The Hall–Kier alpha value is -3.61. The molecule has 7 nitrogen and oxygen atoms in total. The zero-order valence-electron chi connectivity index (χ0n) is 14.2. The van der Waals surface area contributed by atoms with Gasteiger partial charge in [-0.1, -0.05) is 18.2 Å². The fraction of sp³-hybridized carbons (Fsp3) is 0.105. The lowest BCUT2D eigenvalue weighted by Gasteiger charge is -2.11. The quantitative estimate of drug-likeness (QED) is 0.703. The van der Waals surface area contributed by atoms with Gasteiger partial charge < -0.3 is 19.8 Å². The van der Waals surface area contributed by atoms with Crippen LogP contribution in [0.1, 0.15) is 20.7 Å². The van der Waals surface area contributed by atoms with Gasteiger partial charge in [-0.25, -0.2) is 4.79 Å². The summed E-state index contributed by atoms with van der Waals surface area (Å²) in [4.78, 5) is 36.3. The molecule has 2 amide bonds. The lowest BCUT2D eigenvalue weighted by molar-refractivity contribution is 0.0962. The van der Waals surface area contributed by atoms with Crippen LogP contribution in [-0.2, 0) is 0 Å². The molecule has 1 aromatic heterocycles. The Balaban J connectivity index is 1.94. The van der Waals surface area contributed by atoms with Crippen LogP contribution in [0.5, 0.6) is 5.75 Å². The molecule has 0 fully saturated rings. The van der Waals surface area contributed by atoms with Gasteiger partial charge in [-0.3, -0.25) is 9.59 Å². The fourth-order valence-corrected chi connectivity index (χ4v) is 2.49. The number of anilines is 1. The Morgan fingerprint density at radius 1 is 1.04 bits per heavy atom. The molecule has 2 N–H and O–H groups in total. The molecule has 0 saturated heterocycles. The second kappa shape index (κ2) is 7.10. The first-order chi connectivity index (χ1) is 12.5. The molecular weight excluding hydrogens is 336 g/mol. The predicted molar refractivity (Wildman–Crippen MR) is 96.8 cm³/mol. The molecule has 26 heavy (non-hydrogen) atoms. The fourth-order valence-electron chi connectivity index (χ4n) is 2.49. The van der Waals surface area contributed by atoms with Crippen molar-refractivity contribution >= 4 is 28.5 Å². The molecule has 0 unspecified atom stereocenters. The Morgan fingerprint density at radius 3 is 2.54 bits per heavy atom. The maximum atomic E-state index is 12.5. The normalized spacial score (nSPS) is 10.4. The number of fused-ring (bicyclic) bond motifs is 1. The van der Waals surface area contributed by atoms with E-state index in [9.17, 15) is 14.4 Å². The smallest absolute Gasteiger partial charge is 0.349 e. The van der Waals surface area contributed by atoms with Gasteiger partial charge in [-0.2, -0.15) is 0 Å². The maximum Gasteiger partial charge on any atom is 0.349 e. The number of benzene rings is 2. The Morgan fingerprint density at radius 2 is 1.81 bits per heavy atom. The number of methoxy groups -OCH3 is 1. The van der Waals surface area contributed by atoms with E-state index in [1.165, 1.54) is 32.4 Å². The largest absolute Gasteiger partial charge is 0.495 e. The second-order valence-electron chi connectivity index (χ2n) is 5.43. The van der Waals surface area contributed by atoms with E-state index in [4.69, 9.17) is 9.15 Å². The topological polar surface area (TPSA) is 97.6 Å². The van der Waals surface area contributed by atoms with Crippen LogP contribution in [0.2, 0.25) is 0 Å². The van der Waals surface area contributed by atoms with E-state index in [-0.39, 0.29) is 11.5 Å². The van der Waals surface area contributed by atoms with Gasteiger partial charge >= 0.3 is 5.63 Å². The van der Waals surface area contributed by atoms with E-state index < -0.39 is 11.5 Å². The summed E-state index contributed by atoms with van der Waals surface area (Å²) in [5.41, 5.74) is 0.259. The van der Waals surface area contributed by atoms with Crippen molar-refractivity contribution in [3.05, 3.63) is 70.1 Å². The van der Waals surface area contributed by atoms with Crippen molar-refractivity contribution in [1.82, 2.24) is 5.32 Å². The van der Waals surface area contributed by atoms with Gasteiger partial charge in [0.15, 0.2) is 0 Å². The molecule has 0 spiro atoms. The number of rotatable bonds is 4. The molecule has 3 aromatic rings. The first kappa shape index (κ1) is 17.2. The summed E-state index contributed by atoms with van der Waals surface area (Å²) in [5.74, 6) is -0.614. The summed E-state index contributed by atoms with van der Waals surface area (Å²) in [7, 11) is 2.94. The van der Waals surface area contributed by atoms with Crippen LogP contribution < -0.4 is 21.0 Å². The minimum atomic E-state index is -0.734. The number of hydrogen-bond donors (Lipinski definition) is 2. The molecule has 3 rings (SSSR count). The van der Waals surface area contributed by atoms with Crippen molar-refractivity contribution in [3.8, 4) is 5.75 Å². The lowest BCUT2D eigenvalue weighted by Crippen LogP contribution is -2.21. The predicted octanol–water partition coefficient (Wildman–Crippen LogP) is 2.41. The Labute approximate surface area is 148 Å². The maximum absolute atomic E-state index is 12.5. The van der Waals surface area contributed by atoms with Crippen molar-refractivity contribution in [2.24, 2.45) is 0 Å². The Bertz CT molecular complexity index is 1060. The average Bonchev–Trinajstić information content (AvgIpc) is 2.66. The van der Waals surface area contributed by atoms with Gasteiger partial charge in [0.25, 0.3) is 11.8 Å². The van der Waals surface area contributed by atoms with E-state index in [1.807, 2.05) is 0 Å². The molecular formula is C19H16N2O5. The molecule has 0 aliphatic heterocycles. The van der Waals surface area contributed by atoms with Crippen LogP contribution >= 0.6 is 0 Å². The summed E-state index contributed by atoms with van der Waals surface area (Å²) in [6.45, 7) is 0. The first-order valence-corrected chi connectivity index (χ1v) is 7.78. The van der Waals surface area contributed by atoms with Crippen LogP contribution in [0, 0.1) is 0 Å². The highest BCUT2D eigenvalue weighted by molar-refractivity contribution is 6.06. The van der Waals surface area contributed by atoms with E-state index >= 15 is 0 Å². The zero-order valence-corrected chi connectivity index (χ0v) is 14.2. The van der Waals surface area contributed by atoms with Gasteiger partial charge in [0.05, 0.1) is 12.8 Å². The highest BCUT2D eigenvalue weighted by Gasteiger charge is 2.16. The number of carbonyl (C=O) groups is 2. The van der Waals surface area contributed by atoms with Crippen molar-refractivity contribution in [1.29, 1.82) is 0 Å². The third-order valence-electron chi connectivity index (χ3n) is 3.83. The molecule has 0 aliphatic carbocycles. The van der Waals surface area contributed by atoms with Gasteiger partial charge in [-0.05, 0) is 30.3 Å². The Kier molecular flexibility index (Phi) is 4.70. The van der Waals surface area contributed by atoms with Crippen molar-refractivity contribution < 1.29 is 18.7 Å². The van der Waals surface area contributed by atoms with E-state index in [1.54, 1.807) is 30.3 Å². The molecule has 0 aliphatic rings. The monoisotopic (exact) mass is 352 g/mol. The standard InChI is InChI=1S/C19H16N2O5/c1-20-17(22)12-7-8-14(16(10-12)25-2)21-18(23)13-9-11-5-3-4-6-15(11)26-19(13)24/h3-10H,1-2H3,(H,20,22)(H,21,23). The van der Waals surface area contributed by atoms with Gasteiger partial charge in [0, 0.05) is 18.0 Å².